The first-order valence-electron chi connectivity index (χ1n) is 10.2. The van der Waals surface area contributed by atoms with Crippen LogP contribution in [0.1, 0.15) is 36.3 Å². The van der Waals surface area contributed by atoms with E-state index >= 15 is 0 Å². The Bertz CT molecular complexity index is 1030. The summed E-state index contributed by atoms with van der Waals surface area (Å²) in [6.07, 6.45) is 6.03. The third kappa shape index (κ3) is 3.59. The molecule has 1 aromatic carbocycles. The predicted octanol–water partition coefficient (Wildman–Crippen LogP) is 4.16. The number of ether oxygens (including phenoxy) is 1. The second-order valence-electron chi connectivity index (χ2n) is 7.70. The molecule has 2 fully saturated rings. The molecule has 0 radical (unpaired) electrons. The monoisotopic (exact) mass is 422 g/mol. The molecule has 0 bridgehead atoms. The first-order chi connectivity index (χ1) is 14.7. The molecule has 0 spiro atoms. The predicted molar refractivity (Wildman–Crippen MR) is 117 cm³/mol. The molecule has 3 atom stereocenters. The minimum atomic E-state index is -0.260. The molecule has 4 heterocycles. The van der Waals surface area contributed by atoms with Gasteiger partial charge in [-0.3, -0.25) is 4.98 Å². The van der Waals surface area contributed by atoms with Crippen molar-refractivity contribution in [1.82, 2.24) is 19.8 Å². The molecule has 0 aliphatic carbocycles. The number of benzene rings is 1. The molecule has 3 aromatic rings. The van der Waals surface area contributed by atoms with Crippen LogP contribution in [0, 0.1) is 5.82 Å². The standard InChI is InChI=1S/C23H23FN4OS/c24-16-6-3-7-17(14-16)27-12-4-10-20(27)22-21(19-9-1-2-11-25-19)26-23(30)28(22)15-18-8-5-13-29-18/h1-4,6-7,9-12,14,18,21-22H,5,8,13,15H2,(H,26,30)/t18-,21-,22-/m0/s1. The number of aromatic nitrogens is 2. The van der Waals surface area contributed by atoms with Gasteiger partial charge in [0.1, 0.15) is 5.82 Å². The van der Waals surface area contributed by atoms with Crippen molar-refractivity contribution in [2.75, 3.05) is 13.2 Å². The van der Waals surface area contributed by atoms with E-state index in [0.717, 1.165) is 36.5 Å². The zero-order valence-corrected chi connectivity index (χ0v) is 17.3. The summed E-state index contributed by atoms with van der Waals surface area (Å²) in [6.45, 7) is 1.51. The van der Waals surface area contributed by atoms with Gasteiger partial charge in [0.2, 0.25) is 0 Å². The Kier molecular flexibility index (Phi) is 5.23. The summed E-state index contributed by atoms with van der Waals surface area (Å²) < 4.78 is 21.9. The minimum absolute atomic E-state index is 0.0881. The number of hydrogen-bond donors (Lipinski definition) is 1. The van der Waals surface area contributed by atoms with Crippen molar-refractivity contribution in [2.45, 2.75) is 31.0 Å². The summed E-state index contributed by atoms with van der Waals surface area (Å²) in [5, 5.41) is 4.17. The molecule has 5 rings (SSSR count). The van der Waals surface area contributed by atoms with Gasteiger partial charge in [0, 0.05) is 36.9 Å². The third-order valence-corrected chi connectivity index (χ3v) is 6.14. The maximum absolute atomic E-state index is 13.9. The highest BCUT2D eigenvalue weighted by atomic mass is 32.1. The van der Waals surface area contributed by atoms with Crippen molar-refractivity contribution in [3.05, 3.63) is 84.2 Å². The zero-order valence-electron chi connectivity index (χ0n) is 16.4. The molecule has 30 heavy (non-hydrogen) atoms. The van der Waals surface area contributed by atoms with E-state index in [0.29, 0.717) is 11.7 Å². The third-order valence-electron chi connectivity index (χ3n) is 5.79. The molecule has 2 aliphatic rings. The molecule has 2 aliphatic heterocycles. The highest BCUT2D eigenvalue weighted by Gasteiger charge is 2.42. The van der Waals surface area contributed by atoms with E-state index in [4.69, 9.17) is 17.0 Å². The molecule has 0 saturated carbocycles. The topological polar surface area (TPSA) is 42.3 Å². The summed E-state index contributed by atoms with van der Waals surface area (Å²) in [4.78, 5) is 6.79. The van der Waals surface area contributed by atoms with Gasteiger partial charge in [-0.25, -0.2) is 4.39 Å². The number of rotatable bonds is 5. The van der Waals surface area contributed by atoms with Crippen LogP contribution in [0.4, 0.5) is 4.39 Å². The van der Waals surface area contributed by atoms with Crippen molar-refractivity contribution in [2.24, 2.45) is 0 Å². The Morgan fingerprint density at radius 1 is 1.17 bits per heavy atom. The van der Waals surface area contributed by atoms with E-state index in [2.05, 4.69) is 21.3 Å². The van der Waals surface area contributed by atoms with Crippen LogP contribution in [0.2, 0.25) is 0 Å². The molecule has 154 valence electrons. The van der Waals surface area contributed by atoms with Crippen LogP contribution in [0.5, 0.6) is 0 Å². The lowest BCUT2D eigenvalue weighted by molar-refractivity contribution is 0.0836. The van der Waals surface area contributed by atoms with E-state index in [-0.39, 0.29) is 24.0 Å². The van der Waals surface area contributed by atoms with Crippen LogP contribution in [0.3, 0.4) is 0 Å². The summed E-state index contributed by atoms with van der Waals surface area (Å²) >= 11 is 5.75. The first kappa shape index (κ1) is 19.2. The van der Waals surface area contributed by atoms with Crippen molar-refractivity contribution < 1.29 is 9.13 Å². The highest BCUT2D eigenvalue weighted by Crippen LogP contribution is 2.40. The molecule has 7 heteroatoms. The van der Waals surface area contributed by atoms with Crippen LogP contribution in [-0.4, -0.2) is 38.8 Å². The van der Waals surface area contributed by atoms with Gasteiger partial charge >= 0.3 is 0 Å². The maximum atomic E-state index is 13.9. The molecular formula is C23H23FN4OS. The molecule has 2 aromatic heterocycles. The van der Waals surface area contributed by atoms with E-state index in [1.165, 1.54) is 6.07 Å². The lowest BCUT2D eigenvalue weighted by Crippen LogP contribution is -2.36. The highest BCUT2D eigenvalue weighted by molar-refractivity contribution is 7.80. The Labute approximate surface area is 180 Å². The first-order valence-corrected chi connectivity index (χ1v) is 10.6. The Morgan fingerprint density at radius 2 is 2.10 bits per heavy atom. The Balaban J connectivity index is 1.57. The second-order valence-corrected chi connectivity index (χ2v) is 8.08. The summed E-state index contributed by atoms with van der Waals surface area (Å²) in [5.41, 5.74) is 2.73. The summed E-state index contributed by atoms with van der Waals surface area (Å²) in [6, 6.07) is 16.4. The fourth-order valence-electron chi connectivity index (χ4n) is 4.43. The van der Waals surface area contributed by atoms with Crippen LogP contribution in [0.15, 0.2) is 67.0 Å². The van der Waals surface area contributed by atoms with E-state index in [1.54, 1.807) is 18.3 Å². The molecule has 5 nitrogen and oxygen atoms in total. The van der Waals surface area contributed by atoms with Gasteiger partial charge in [-0.1, -0.05) is 12.1 Å². The van der Waals surface area contributed by atoms with Crippen molar-refractivity contribution in [3.63, 3.8) is 0 Å². The minimum Gasteiger partial charge on any atom is -0.376 e. The normalized spacial score (nSPS) is 23.7. The van der Waals surface area contributed by atoms with Gasteiger partial charge in [0.15, 0.2) is 5.11 Å². The smallest absolute Gasteiger partial charge is 0.170 e. The number of halogens is 1. The van der Waals surface area contributed by atoms with Crippen LogP contribution in [0.25, 0.3) is 5.69 Å². The zero-order chi connectivity index (χ0) is 20.5. The van der Waals surface area contributed by atoms with Crippen molar-refractivity contribution in [3.8, 4) is 5.69 Å². The fourth-order valence-corrected chi connectivity index (χ4v) is 4.74. The number of nitrogens with one attached hydrogen (secondary N) is 1. The fraction of sp³-hybridized carbons (Fsp3) is 0.304. The quantitative estimate of drug-likeness (QED) is 0.626. The van der Waals surface area contributed by atoms with E-state index in [1.807, 2.05) is 41.1 Å². The number of hydrogen-bond acceptors (Lipinski definition) is 3. The molecule has 2 saturated heterocycles. The number of nitrogens with zero attached hydrogens (tertiary/aromatic N) is 3. The Hall–Kier alpha value is -2.77. The molecule has 1 N–H and O–H groups in total. The molecular weight excluding hydrogens is 399 g/mol. The number of thiocarbonyl (C=S) groups is 1. The summed E-state index contributed by atoms with van der Waals surface area (Å²) in [7, 11) is 0. The molecule has 0 unspecified atom stereocenters. The average molecular weight is 423 g/mol. The average Bonchev–Trinajstić information content (AvgIpc) is 3.50. The van der Waals surface area contributed by atoms with Gasteiger partial charge in [0.25, 0.3) is 0 Å². The lowest BCUT2D eigenvalue weighted by atomic mass is 10.0. The van der Waals surface area contributed by atoms with Crippen LogP contribution >= 0.6 is 12.2 Å². The van der Waals surface area contributed by atoms with Gasteiger partial charge in [0.05, 0.1) is 23.9 Å². The molecule has 0 amide bonds. The van der Waals surface area contributed by atoms with E-state index < -0.39 is 0 Å². The SMILES string of the molecule is Fc1cccc(-n2cccc2[C@H]2[C@H](c3ccccn3)NC(=S)N2C[C@@H]2CCCO2)c1. The second kappa shape index (κ2) is 8.16. The van der Waals surface area contributed by atoms with Crippen molar-refractivity contribution >= 4 is 17.3 Å². The van der Waals surface area contributed by atoms with Gasteiger partial charge in [-0.2, -0.15) is 0 Å². The lowest BCUT2D eigenvalue weighted by Gasteiger charge is -2.30. The van der Waals surface area contributed by atoms with Gasteiger partial charge in [-0.15, -0.1) is 0 Å². The van der Waals surface area contributed by atoms with E-state index in [9.17, 15) is 4.39 Å². The summed E-state index contributed by atoms with van der Waals surface area (Å²) in [5.74, 6) is -0.260. The van der Waals surface area contributed by atoms with Crippen LogP contribution in [-0.2, 0) is 4.74 Å². The van der Waals surface area contributed by atoms with Crippen LogP contribution < -0.4 is 5.32 Å². The maximum Gasteiger partial charge on any atom is 0.170 e. The number of pyridine rings is 1. The Morgan fingerprint density at radius 3 is 2.87 bits per heavy atom. The largest absolute Gasteiger partial charge is 0.376 e. The van der Waals surface area contributed by atoms with Gasteiger partial charge < -0.3 is 19.5 Å². The van der Waals surface area contributed by atoms with Crippen molar-refractivity contribution in [1.29, 1.82) is 0 Å². The van der Waals surface area contributed by atoms with Gasteiger partial charge in [-0.05, 0) is 67.5 Å².